The van der Waals surface area contributed by atoms with Crippen molar-refractivity contribution in [2.45, 2.75) is 0 Å². The van der Waals surface area contributed by atoms with Gasteiger partial charge in [-0.25, -0.2) is 15.0 Å². The number of fused-ring (bicyclic) bond motifs is 13. The minimum atomic E-state index is 0.590. The highest BCUT2D eigenvalue weighted by atomic mass is 32.1. The largest absolute Gasteiger partial charge is 0.456 e. The number of thiophene rings is 1. The van der Waals surface area contributed by atoms with E-state index in [9.17, 15) is 0 Å². The van der Waals surface area contributed by atoms with Crippen LogP contribution in [0.2, 0.25) is 0 Å². The van der Waals surface area contributed by atoms with Gasteiger partial charge in [0.25, 0.3) is 0 Å². The van der Waals surface area contributed by atoms with E-state index in [1.165, 1.54) is 58.1 Å². The van der Waals surface area contributed by atoms with Crippen LogP contribution in [0, 0.1) is 0 Å². The van der Waals surface area contributed by atoms with Crippen LogP contribution in [0.25, 0.3) is 142 Å². The molecule has 0 amide bonds. The molecule has 0 radical (unpaired) electrons. The molecule has 15 aromatic rings. The topological polar surface area (TPSA) is 61.7 Å². The molecule has 0 bridgehead atoms. The molecule has 10 aromatic carbocycles. The highest BCUT2D eigenvalue weighted by Crippen LogP contribution is 2.46. The summed E-state index contributed by atoms with van der Waals surface area (Å²) in [6, 6.07) is 75.5. The first-order valence-corrected chi connectivity index (χ1v) is 23.7. The lowest BCUT2D eigenvalue weighted by Gasteiger charge is -2.14. The van der Waals surface area contributed by atoms with Crippen LogP contribution < -0.4 is 0 Å². The Morgan fingerprint density at radius 1 is 0.368 bits per heavy atom. The summed E-state index contributed by atoms with van der Waals surface area (Å²) in [6.07, 6.45) is 0. The van der Waals surface area contributed by atoms with Crippen molar-refractivity contribution in [2.24, 2.45) is 0 Å². The summed E-state index contributed by atoms with van der Waals surface area (Å²) < 4.78 is 13.4. The molecule has 0 saturated heterocycles. The number of nitrogens with zero attached hydrogens (tertiary/aromatic N) is 5. The van der Waals surface area contributed by atoms with Gasteiger partial charge >= 0.3 is 0 Å². The molecule has 0 aliphatic rings. The van der Waals surface area contributed by atoms with Gasteiger partial charge in [0, 0.05) is 70.2 Å². The maximum atomic E-state index is 6.28. The number of benzene rings is 10. The summed E-state index contributed by atoms with van der Waals surface area (Å²) in [5.74, 6) is 1.80. The Morgan fingerprint density at radius 2 is 0.956 bits per heavy atom. The van der Waals surface area contributed by atoms with Crippen molar-refractivity contribution in [2.75, 3.05) is 0 Å². The normalized spacial score (nSPS) is 12.1. The lowest BCUT2D eigenvalue weighted by Crippen LogP contribution is -2.01. The molecule has 6 nitrogen and oxygen atoms in total. The summed E-state index contributed by atoms with van der Waals surface area (Å²) in [4.78, 5) is 16.3. The van der Waals surface area contributed by atoms with Crippen LogP contribution in [-0.2, 0) is 0 Å². The third-order valence-corrected chi connectivity index (χ3v) is 14.9. The van der Waals surface area contributed by atoms with Gasteiger partial charge in [0.15, 0.2) is 17.5 Å². The molecule has 0 atom stereocenters. The minimum absolute atomic E-state index is 0.590. The maximum Gasteiger partial charge on any atom is 0.164 e. The van der Waals surface area contributed by atoms with E-state index in [1.54, 1.807) is 0 Å². The first kappa shape index (κ1) is 37.3. The summed E-state index contributed by atoms with van der Waals surface area (Å²) in [5.41, 5.74) is 11.2. The van der Waals surface area contributed by atoms with E-state index in [1.807, 2.05) is 29.5 Å². The fourth-order valence-corrected chi connectivity index (χ4v) is 11.9. The molecule has 0 saturated carbocycles. The Morgan fingerprint density at radius 3 is 1.78 bits per heavy atom. The molecule has 316 valence electrons. The Balaban J connectivity index is 1.01. The number of hydrogen-bond acceptors (Lipinski definition) is 5. The highest BCUT2D eigenvalue weighted by Gasteiger charge is 2.23. The van der Waals surface area contributed by atoms with Crippen LogP contribution in [0.5, 0.6) is 0 Å². The Kier molecular flexibility index (Phi) is 7.85. The van der Waals surface area contributed by atoms with Crippen molar-refractivity contribution in [3.63, 3.8) is 0 Å². The monoisotopic (exact) mass is 885 g/mol. The van der Waals surface area contributed by atoms with E-state index in [0.717, 1.165) is 66.4 Å². The average molecular weight is 886 g/mol. The zero-order chi connectivity index (χ0) is 44.5. The van der Waals surface area contributed by atoms with E-state index >= 15 is 0 Å². The van der Waals surface area contributed by atoms with E-state index in [0.29, 0.717) is 17.5 Å². The standard InChI is InChI=1S/C61H35N5OS/c1-2-16-40(17-3-1)65-49-22-10-6-18-41(49)43-28-26-39(35-52(43)65)60-62-59(38-27-31-55-48(33-38)44-20-8-12-24-54(44)67-55)63-61(64-60)46-29-30-51(58-57(46)45-21-9-13-25-56(45)68-58)66-50-23-11-7-19-42(50)47-32-36-14-4-5-15-37(36)34-53(47)66/h1-35H. The predicted octanol–water partition coefficient (Wildman–Crippen LogP) is 16.5. The van der Waals surface area contributed by atoms with E-state index < -0.39 is 0 Å². The third-order valence-electron chi connectivity index (χ3n) is 13.7. The van der Waals surface area contributed by atoms with Gasteiger partial charge in [0.05, 0.1) is 32.5 Å². The van der Waals surface area contributed by atoms with Gasteiger partial charge in [-0.2, -0.15) is 0 Å². The number of rotatable bonds is 5. The van der Waals surface area contributed by atoms with Gasteiger partial charge in [-0.1, -0.05) is 127 Å². The smallest absolute Gasteiger partial charge is 0.164 e. The number of aromatic nitrogens is 5. The molecule has 7 heteroatoms. The van der Waals surface area contributed by atoms with Crippen molar-refractivity contribution < 1.29 is 4.42 Å². The second-order valence-corrected chi connectivity index (χ2v) is 18.6. The Labute approximate surface area is 392 Å². The van der Waals surface area contributed by atoms with Crippen molar-refractivity contribution in [3.8, 4) is 45.5 Å². The zero-order valence-corrected chi connectivity index (χ0v) is 37.1. The number of hydrogen-bond donors (Lipinski definition) is 0. The van der Waals surface area contributed by atoms with Gasteiger partial charge in [-0.3, -0.25) is 0 Å². The second-order valence-electron chi connectivity index (χ2n) is 17.5. The molecule has 0 N–H and O–H groups in total. The molecule has 5 aromatic heterocycles. The molecule has 68 heavy (non-hydrogen) atoms. The molecule has 0 spiro atoms. The van der Waals surface area contributed by atoms with Gasteiger partial charge in [0.1, 0.15) is 11.2 Å². The van der Waals surface area contributed by atoms with Crippen molar-refractivity contribution >= 4 is 108 Å². The Hall–Kier alpha value is -8.91. The van der Waals surface area contributed by atoms with E-state index in [2.05, 4.69) is 203 Å². The second kappa shape index (κ2) is 14.3. The molecule has 15 rings (SSSR count). The van der Waals surface area contributed by atoms with Gasteiger partial charge < -0.3 is 13.6 Å². The number of furan rings is 1. The van der Waals surface area contributed by atoms with Crippen molar-refractivity contribution in [1.29, 1.82) is 0 Å². The third kappa shape index (κ3) is 5.48. The zero-order valence-electron chi connectivity index (χ0n) is 36.3. The van der Waals surface area contributed by atoms with Crippen LogP contribution in [-0.4, -0.2) is 24.1 Å². The molecule has 0 aliphatic carbocycles. The summed E-state index contributed by atoms with van der Waals surface area (Å²) >= 11 is 1.82. The summed E-state index contributed by atoms with van der Waals surface area (Å²) in [5, 5.41) is 11.6. The van der Waals surface area contributed by atoms with Gasteiger partial charge in [-0.05, 0) is 95.7 Å². The summed E-state index contributed by atoms with van der Waals surface area (Å²) in [6.45, 7) is 0. The molecule has 0 fully saturated rings. The predicted molar refractivity (Wildman–Crippen MR) is 282 cm³/mol. The lowest BCUT2D eigenvalue weighted by molar-refractivity contribution is 0.669. The van der Waals surface area contributed by atoms with Gasteiger partial charge in [0.2, 0.25) is 0 Å². The van der Waals surface area contributed by atoms with Gasteiger partial charge in [-0.15, -0.1) is 11.3 Å². The Bertz CT molecular complexity index is 4580. The van der Waals surface area contributed by atoms with Crippen molar-refractivity contribution in [1.82, 2.24) is 24.1 Å². The molecule has 5 heterocycles. The average Bonchev–Trinajstić information content (AvgIpc) is 4.15. The van der Waals surface area contributed by atoms with Crippen molar-refractivity contribution in [3.05, 3.63) is 212 Å². The summed E-state index contributed by atoms with van der Waals surface area (Å²) in [7, 11) is 0. The molecular weight excluding hydrogens is 851 g/mol. The molecule has 0 unspecified atom stereocenters. The van der Waals surface area contributed by atoms with Crippen LogP contribution in [0.4, 0.5) is 0 Å². The van der Waals surface area contributed by atoms with Crippen LogP contribution in [0.15, 0.2) is 217 Å². The lowest BCUT2D eigenvalue weighted by atomic mass is 10.0. The van der Waals surface area contributed by atoms with E-state index in [-0.39, 0.29) is 0 Å². The number of para-hydroxylation sites is 4. The first-order chi connectivity index (χ1) is 33.7. The maximum absolute atomic E-state index is 6.28. The molecular formula is C61H35N5OS. The van der Waals surface area contributed by atoms with E-state index in [4.69, 9.17) is 19.4 Å². The first-order valence-electron chi connectivity index (χ1n) is 22.8. The highest BCUT2D eigenvalue weighted by molar-refractivity contribution is 7.26. The molecule has 0 aliphatic heterocycles. The fraction of sp³-hybridized carbons (Fsp3) is 0. The van der Waals surface area contributed by atoms with Crippen LogP contribution in [0.1, 0.15) is 0 Å². The fourth-order valence-electron chi connectivity index (χ4n) is 10.7. The van der Waals surface area contributed by atoms with Crippen LogP contribution in [0.3, 0.4) is 0 Å². The SMILES string of the molecule is c1ccc(-n2c3ccccc3c3ccc(-c4nc(-c5ccc6oc7ccccc7c6c5)nc(-c5ccc(-n6c7ccccc7c7cc8ccccc8cc76)c6sc7ccccc7c56)n4)cc32)cc1. The van der Waals surface area contributed by atoms with Crippen LogP contribution >= 0.6 is 11.3 Å². The quantitative estimate of drug-likeness (QED) is 0.173. The minimum Gasteiger partial charge on any atom is -0.456 e.